The van der Waals surface area contributed by atoms with Crippen LogP contribution in [0.25, 0.3) is 40.7 Å². The van der Waals surface area contributed by atoms with Crippen molar-refractivity contribution >= 4 is 66.4 Å². The zero-order valence-electron chi connectivity index (χ0n) is 39.4. The molecule has 1 aliphatic carbocycles. The number of carbonyl (C=O) groups is 2. The summed E-state index contributed by atoms with van der Waals surface area (Å²) < 4.78 is 2.80. The number of thiophene rings is 3. The van der Waals surface area contributed by atoms with Gasteiger partial charge in [0.15, 0.2) is 0 Å². The molecule has 0 bridgehead atoms. The summed E-state index contributed by atoms with van der Waals surface area (Å²) in [5.74, 6) is 0.891. The van der Waals surface area contributed by atoms with Crippen LogP contribution in [-0.4, -0.2) is 24.7 Å². The minimum absolute atomic E-state index is 0.0103. The third-order valence-electron chi connectivity index (χ3n) is 15.8. The number of unbranched alkanes of at least 4 members (excludes halogenated alkanes) is 2. The number of carbonyl (C=O) groups excluding carboxylic acids is 2. The number of rotatable bonds is 15. The van der Waals surface area contributed by atoms with Crippen molar-refractivity contribution in [3.63, 3.8) is 0 Å². The van der Waals surface area contributed by atoms with Crippen LogP contribution in [0.5, 0.6) is 0 Å². The fourth-order valence-electron chi connectivity index (χ4n) is 10.5. The van der Waals surface area contributed by atoms with Crippen LogP contribution in [0.3, 0.4) is 0 Å². The van der Waals surface area contributed by atoms with Crippen molar-refractivity contribution in [1.82, 2.24) is 0 Å². The van der Waals surface area contributed by atoms with Crippen molar-refractivity contribution in [2.24, 2.45) is 11.8 Å². The number of benzene rings is 3. The third kappa shape index (κ3) is 7.96. The molecule has 0 spiro atoms. The summed E-state index contributed by atoms with van der Waals surface area (Å²) in [4.78, 5) is 39.8. The molecule has 4 nitrogen and oxygen atoms in total. The fraction of sp³-hybridized carbons (Fsp3) is 0.439. The lowest BCUT2D eigenvalue weighted by molar-refractivity contribution is 0.100. The molecule has 2 aliphatic heterocycles. The molecule has 9 rings (SSSR count). The normalized spacial score (nSPS) is 17.9. The van der Waals surface area contributed by atoms with Crippen molar-refractivity contribution in [3.8, 4) is 31.3 Å². The Morgan fingerprint density at radius 3 is 1.89 bits per heavy atom. The Morgan fingerprint density at radius 2 is 1.23 bits per heavy atom. The molecule has 64 heavy (non-hydrogen) atoms. The van der Waals surface area contributed by atoms with Crippen molar-refractivity contribution < 1.29 is 9.59 Å². The minimum atomic E-state index is -0.0288. The van der Waals surface area contributed by atoms with Crippen LogP contribution in [0.1, 0.15) is 157 Å². The highest BCUT2D eigenvalue weighted by Crippen LogP contribution is 2.49. The molecule has 1 unspecified atom stereocenters. The Morgan fingerprint density at radius 1 is 0.609 bits per heavy atom. The van der Waals surface area contributed by atoms with E-state index in [0.29, 0.717) is 35.3 Å². The van der Waals surface area contributed by atoms with Crippen molar-refractivity contribution in [3.05, 3.63) is 118 Å². The lowest BCUT2D eigenvalue weighted by atomic mass is 9.71. The van der Waals surface area contributed by atoms with Gasteiger partial charge in [0, 0.05) is 58.5 Å². The second-order valence-electron chi connectivity index (χ2n) is 19.7. The van der Waals surface area contributed by atoms with Crippen molar-refractivity contribution in [2.75, 3.05) is 22.9 Å². The summed E-state index contributed by atoms with van der Waals surface area (Å²) in [6, 6.07) is 31.1. The molecule has 1 fully saturated rings. The van der Waals surface area contributed by atoms with Gasteiger partial charge in [-0.05, 0) is 127 Å². The Kier molecular flexibility index (Phi) is 12.7. The molecular weight excluding hydrogens is 841 g/mol. The topological polar surface area (TPSA) is 40.6 Å². The van der Waals surface area contributed by atoms with Crippen LogP contribution in [0.2, 0.25) is 0 Å². The smallest absolute Gasteiger partial charge is 0.213 e. The predicted octanol–water partition coefficient (Wildman–Crippen LogP) is 17.1. The highest BCUT2D eigenvalue weighted by atomic mass is 32.1. The molecule has 1 saturated carbocycles. The second-order valence-corrected chi connectivity index (χ2v) is 22.9. The Labute approximate surface area is 394 Å². The number of ketones is 2. The van der Waals surface area contributed by atoms with E-state index < -0.39 is 0 Å². The number of allylic oxidation sites excluding steroid dienone is 2. The van der Waals surface area contributed by atoms with Gasteiger partial charge < -0.3 is 9.80 Å². The number of hydrogen-bond acceptors (Lipinski definition) is 7. The summed E-state index contributed by atoms with van der Waals surface area (Å²) in [7, 11) is 0. The highest BCUT2D eigenvalue weighted by molar-refractivity contribution is 7.31. The van der Waals surface area contributed by atoms with Crippen molar-refractivity contribution in [2.45, 2.75) is 137 Å². The van der Waals surface area contributed by atoms with Crippen LogP contribution < -0.4 is 9.80 Å². The third-order valence-corrected chi connectivity index (χ3v) is 19.7. The Bertz CT molecular complexity index is 2690. The minimum Gasteiger partial charge on any atom is -0.336 e. The van der Waals surface area contributed by atoms with Crippen LogP contribution >= 0.6 is 34.0 Å². The second kappa shape index (κ2) is 18.2. The molecule has 3 aromatic carbocycles. The summed E-state index contributed by atoms with van der Waals surface area (Å²) >= 11 is 5.75. The van der Waals surface area contributed by atoms with Gasteiger partial charge in [0.2, 0.25) is 11.6 Å². The van der Waals surface area contributed by atoms with Crippen LogP contribution in [0, 0.1) is 11.8 Å². The summed E-state index contributed by atoms with van der Waals surface area (Å²) in [5.41, 5.74) is 9.41. The molecular formula is C57H66N2O2S3. The van der Waals surface area contributed by atoms with Gasteiger partial charge >= 0.3 is 0 Å². The van der Waals surface area contributed by atoms with E-state index in [2.05, 4.69) is 144 Å². The molecule has 7 heteroatoms. The van der Waals surface area contributed by atoms with Gasteiger partial charge in [-0.25, -0.2) is 0 Å². The summed E-state index contributed by atoms with van der Waals surface area (Å²) in [5, 5.41) is 0. The molecule has 0 amide bonds. The molecule has 3 aromatic heterocycles. The van der Waals surface area contributed by atoms with Crippen LogP contribution in [0.15, 0.2) is 96.3 Å². The van der Waals surface area contributed by atoms with Gasteiger partial charge in [-0.15, -0.1) is 34.0 Å². The first-order valence-corrected chi connectivity index (χ1v) is 26.8. The van der Waals surface area contributed by atoms with Crippen molar-refractivity contribution in [1.29, 1.82) is 0 Å². The molecule has 6 aromatic rings. The Hall–Kier alpha value is -4.30. The fourth-order valence-corrected chi connectivity index (χ4v) is 14.2. The molecule has 334 valence electrons. The average Bonchev–Trinajstić information content (AvgIpc) is 4.15. The summed E-state index contributed by atoms with van der Waals surface area (Å²) in [6.45, 7) is 19.9. The number of hydrogen-bond donors (Lipinski definition) is 0. The molecule has 0 radical (unpaired) electrons. The van der Waals surface area contributed by atoms with Gasteiger partial charge in [-0.1, -0.05) is 124 Å². The van der Waals surface area contributed by atoms with Gasteiger partial charge in [-0.2, -0.15) is 0 Å². The zero-order valence-corrected chi connectivity index (χ0v) is 41.8. The number of nitrogens with zero attached hydrogens (tertiary/aromatic N) is 2. The van der Waals surface area contributed by atoms with E-state index >= 15 is 0 Å². The maximum atomic E-state index is 14.9. The first-order valence-electron chi connectivity index (χ1n) is 24.3. The lowest BCUT2D eigenvalue weighted by Gasteiger charge is -2.35. The number of Topliss-reactive ketones (excluding diaryl/α,β-unsaturated/α-hetero) is 2. The quantitative estimate of drug-likeness (QED) is 0.0760. The molecule has 5 heterocycles. The van der Waals surface area contributed by atoms with Crippen LogP contribution in [0.4, 0.5) is 11.4 Å². The molecule has 0 N–H and O–H groups in total. The monoisotopic (exact) mass is 906 g/mol. The summed E-state index contributed by atoms with van der Waals surface area (Å²) in [6.07, 6.45) is 12.5. The first-order chi connectivity index (χ1) is 30.9. The van der Waals surface area contributed by atoms with E-state index in [1.807, 2.05) is 40.1 Å². The molecule has 0 saturated heterocycles. The maximum Gasteiger partial charge on any atom is 0.213 e. The van der Waals surface area contributed by atoms with E-state index in [-0.39, 0.29) is 22.4 Å². The Balaban J connectivity index is 1.04. The standard InChI is InChI=1S/C57H66N2O2S3/c1-9-13-17-30-58-44-31-40(38-20-22-39(23-21-38)46-28-29-47(62-46)48-33-49-50(63-48)34-51(64-49)56(7,10-2)11-3)24-26-42(44)54(60)52(58)53-55(61)43-27-25-41(57(8,12-4)36(5)6)32-45(43)59(53)35-37-18-15-14-16-19-37/h20-29,31-34,36-37H,9-19,30,35H2,1-8H3/b53-52+. The van der Waals surface area contributed by atoms with Gasteiger partial charge in [-0.3, -0.25) is 9.59 Å². The SMILES string of the molecule is CCCCCN1/C(=C2\C(=O)c3ccc(C(C)(CC)C(C)C)cc3N2CC2CCCCC2)C(=O)c2ccc(-c3ccc(-c4ccc(-c5cc6sc(C(C)(CC)CC)cc6s5)s4)cc3)cc21. The van der Waals surface area contributed by atoms with E-state index in [0.717, 1.165) is 86.0 Å². The number of fused-ring (bicyclic) bond motifs is 3. The van der Waals surface area contributed by atoms with E-state index in [1.54, 1.807) is 0 Å². The average molecular weight is 907 g/mol. The van der Waals surface area contributed by atoms with Gasteiger partial charge in [0.1, 0.15) is 11.4 Å². The molecule has 1 atom stereocenters. The van der Waals surface area contributed by atoms with Gasteiger partial charge in [0.05, 0.1) is 11.4 Å². The zero-order chi connectivity index (χ0) is 44.9. The van der Waals surface area contributed by atoms with E-state index in [9.17, 15) is 9.59 Å². The van der Waals surface area contributed by atoms with E-state index in [1.165, 1.54) is 59.3 Å². The van der Waals surface area contributed by atoms with Gasteiger partial charge in [0.25, 0.3) is 0 Å². The lowest BCUT2D eigenvalue weighted by Crippen LogP contribution is -2.34. The largest absolute Gasteiger partial charge is 0.336 e. The predicted molar refractivity (Wildman–Crippen MR) is 277 cm³/mol. The first kappa shape index (κ1) is 44.9. The highest BCUT2D eigenvalue weighted by Gasteiger charge is 2.44. The van der Waals surface area contributed by atoms with E-state index in [4.69, 9.17) is 0 Å². The maximum absolute atomic E-state index is 14.9. The molecule has 3 aliphatic rings. The number of anilines is 2. The van der Waals surface area contributed by atoms with Crippen LogP contribution in [-0.2, 0) is 10.8 Å².